The molecule has 3 aromatic rings. The van der Waals surface area contributed by atoms with E-state index in [1.165, 1.54) is 6.20 Å². The Morgan fingerprint density at radius 1 is 1.17 bits per heavy atom. The molecule has 9 heteroatoms. The van der Waals surface area contributed by atoms with Gasteiger partial charge in [0.25, 0.3) is 0 Å². The van der Waals surface area contributed by atoms with E-state index in [1.54, 1.807) is 6.20 Å². The molecule has 0 bridgehead atoms. The number of hydrogen-bond acceptors (Lipinski definition) is 4. The fraction of sp³-hybridized carbons (Fsp3) is 0.476. The minimum absolute atomic E-state index is 0.112. The number of hydrogen-bond donors (Lipinski definition) is 1. The first-order valence-electron chi connectivity index (χ1n) is 10.2. The van der Waals surface area contributed by atoms with Gasteiger partial charge in [-0.05, 0) is 56.7 Å². The van der Waals surface area contributed by atoms with Crippen LogP contribution >= 0.6 is 0 Å². The minimum atomic E-state index is -4.55. The van der Waals surface area contributed by atoms with Gasteiger partial charge in [0.1, 0.15) is 5.82 Å². The summed E-state index contributed by atoms with van der Waals surface area (Å²) in [4.78, 5) is 3.76. The van der Waals surface area contributed by atoms with Crippen molar-refractivity contribution in [2.24, 2.45) is 11.8 Å². The average Bonchev–Trinajstić information content (AvgIpc) is 3.20. The number of aromatic nitrogens is 5. The number of alkyl halides is 3. The minimum Gasteiger partial charge on any atom is -0.383 e. The fourth-order valence-electron chi connectivity index (χ4n) is 5.02. The van der Waals surface area contributed by atoms with Crippen LogP contribution < -0.4 is 5.73 Å². The summed E-state index contributed by atoms with van der Waals surface area (Å²) in [5.41, 5.74) is 6.45. The molecule has 2 aliphatic rings. The number of rotatable bonds is 4. The highest BCUT2D eigenvalue weighted by Crippen LogP contribution is 2.66. The van der Waals surface area contributed by atoms with Gasteiger partial charge in [-0.1, -0.05) is 0 Å². The SMILES string of the molecule is CC(C)n1nc(-c2cnc(N)c(C(F)(F)F)c2)cc1[C@H]1[C@@H]2CC(n3cccn3)C[C@@H]21. The average molecular weight is 416 g/mol. The number of nitrogen functional groups attached to an aromatic ring is 1. The van der Waals surface area contributed by atoms with E-state index in [2.05, 4.69) is 15.2 Å². The van der Waals surface area contributed by atoms with Crippen molar-refractivity contribution in [2.45, 2.75) is 50.9 Å². The lowest BCUT2D eigenvalue weighted by atomic mass is 10.0. The number of nitrogens with zero attached hydrogens (tertiary/aromatic N) is 5. The summed E-state index contributed by atoms with van der Waals surface area (Å²) in [6.45, 7) is 4.07. The van der Waals surface area contributed by atoms with E-state index in [-0.39, 0.29) is 6.04 Å². The smallest absolute Gasteiger partial charge is 0.383 e. The zero-order chi connectivity index (χ0) is 21.2. The lowest BCUT2D eigenvalue weighted by Crippen LogP contribution is -2.12. The van der Waals surface area contributed by atoms with E-state index in [9.17, 15) is 13.2 Å². The molecule has 0 spiro atoms. The normalized spacial score (nSPS) is 25.7. The van der Waals surface area contributed by atoms with Crippen molar-refractivity contribution in [2.75, 3.05) is 5.73 Å². The second kappa shape index (κ2) is 6.58. The van der Waals surface area contributed by atoms with Gasteiger partial charge < -0.3 is 5.73 Å². The Balaban J connectivity index is 1.44. The van der Waals surface area contributed by atoms with Crippen LogP contribution in [-0.4, -0.2) is 24.5 Å². The molecule has 0 amide bonds. The molecule has 6 nitrogen and oxygen atoms in total. The number of anilines is 1. The summed E-state index contributed by atoms with van der Waals surface area (Å²) in [5, 5.41) is 9.01. The molecule has 2 saturated carbocycles. The van der Waals surface area contributed by atoms with Crippen LogP contribution in [0.4, 0.5) is 19.0 Å². The van der Waals surface area contributed by atoms with Crippen LogP contribution in [-0.2, 0) is 6.18 Å². The molecule has 2 N–H and O–H groups in total. The third-order valence-corrected chi connectivity index (χ3v) is 6.43. The predicted molar refractivity (Wildman–Crippen MR) is 105 cm³/mol. The Labute approximate surface area is 171 Å². The second-order valence-electron chi connectivity index (χ2n) is 8.61. The van der Waals surface area contributed by atoms with Gasteiger partial charge in [0.2, 0.25) is 0 Å². The van der Waals surface area contributed by atoms with Crippen LogP contribution in [0, 0.1) is 11.8 Å². The molecule has 158 valence electrons. The fourth-order valence-corrected chi connectivity index (χ4v) is 5.02. The van der Waals surface area contributed by atoms with E-state index < -0.39 is 17.6 Å². The number of nitrogens with two attached hydrogens (primary N) is 1. The third-order valence-electron chi connectivity index (χ3n) is 6.43. The molecule has 0 saturated heterocycles. The first-order valence-corrected chi connectivity index (χ1v) is 10.2. The maximum Gasteiger partial charge on any atom is 0.419 e. The molecule has 2 fully saturated rings. The molecule has 4 atom stereocenters. The number of pyridine rings is 1. The first-order chi connectivity index (χ1) is 14.2. The summed E-state index contributed by atoms with van der Waals surface area (Å²) in [5.74, 6) is 1.01. The van der Waals surface area contributed by atoms with E-state index in [1.807, 2.05) is 41.5 Å². The highest BCUT2D eigenvalue weighted by atomic mass is 19.4. The van der Waals surface area contributed by atoms with Gasteiger partial charge >= 0.3 is 6.18 Å². The summed E-state index contributed by atoms with van der Waals surface area (Å²) in [7, 11) is 0. The van der Waals surface area contributed by atoms with Crippen LogP contribution in [0.5, 0.6) is 0 Å². The van der Waals surface area contributed by atoms with Crippen LogP contribution in [0.2, 0.25) is 0 Å². The zero-order valence-corrected chi connectivity index (χ0v) is 16.7. The van der Waals surface area contributed by atoms with Crippen LogP contribution in [0.25, 0.3) is 11.3 Å². The van der Waals surface area contributed by atoms with Crippen LogP contribution in [0.3, 0.4) is 0 Å². The Morgan fingerprint density at radius 3 is 2.50 bits per heavy atom. The van der Waals surface area contributed by atoms with Crippen molar-refractivity contribution < 1.29 is 13.2 Å². The Bertz CT molecular complexity index is 1060. The largest absolute Gasteiger partial charge is 0.419 e. The summed E-state index contributed by atoms with van der Waals surface area (Å²) in [6.07, 6.45) is 2.76. The molecule has 2 aliphatic carbocycles. The van der Waals surface area contributed by atoms with Crippen molar-refractivity contribution >= 4 is 5.82 Å². The first kappa shape index (κ1) is 19.1. The zero-order valence-electron chi connectivity index (χ0n) is 16.7. The Morgan fingerprint density at radius 2 is 1.90 bits per heavy atom. The quantitative estimate of drug-likeness (QED) is 0.670. The van der Waals surface area contributed by atoms with Crippen molar-refractivity contribution in [1.82, 2.24) is 24.5 Å². The highest BCUT2D eigenvalue weighted by Gasteiger charge is 2.58. The van der Waals surface area contributed by atoms with E-state index in [4.69, 9.17) is 5.73 Å². The third kappa shape index (κ3) is 3.07. The summed E-state index contributed by atoms with van der Waals surface area (Å²) >= 11 is 0. The molecular formula is C21H23F3N6. The molecule has 0 radical (unpaired) electrons. The molecule has 1 unspecified atom stereocenters. The molecule has 5 rings (SSSR count). The number of halogens is 3. The van der Waals surface area contributed by atoms with Gasteiger partial charge in [-0.25, -0.2) is 4.98 Å². The second-order valence-corrected chi connectivity index (χ2v) is 8.61. The molecular weight excluding hydrogens is 393 g/mol. The monoisotopic (exact) mass is 416 g/mol. The summed E-state index contributed by atoms with van der Waals surface area (Å²) < 4.78 is 43.7. The lowest BCUT2D eigenvalue weighted by Gasteiger charge is -2.16. The van der Waals surface area contributed by atoms with Crippen molar-refractivity contribution in [3.8, 4) is 11.3 Å². The van der Waals surface area contributed by atoms with Crippen molar-refractivity contribution in [1.29, 1.82) is 0 Å². The molecule has 0 aromatic carbocycles. The van der Waals surface area contributed by atoms with E-state index in [0.717, 1.165) is 24.6 Å². The van der Waals surface area contributed by atoms with Crippen LogP contribution in [0.1, 0.15) is 55.9 Å². The van der Waals surface area contributed by atoms with E-state index in [0.29, 0.717) is 35.1 Å². The Kier molecular flexibility index (Phi) is 4.20. The summed E-state index contributed by atoms with van der Waals surface area (Å²) in [6, 6.07) is 5.45. The maximum absolute atomic E-state index is 13.3. The molecule has 0 aliphatic heterocycles. The standard InChI is InChI=1S/C21H23F3N6/c1-11(2)30-18(19-14-7-13(8-15(14)19)29-5-3-4-27-29)9-17(28-30)12-6-16(21(22,23)24)20(25)26-10-12/h3-6,9-11,13-15,19H,7-8H2,1-2H3,(H2,25,26)/t13?,14-,15+,19+. The van der Waals surface area contributed by atoms with Gasteiger partial charge in [0.05, 0.1) is 17.3 Å². The van der Waals surface area contributed by atoms with Gasteiger partial charge in [0.15, 0.2) is 0 Å². The van der Waals surface area contributed by atoms with Gasteiger partial charge in [-0.3, -0.25) is 9.36 Å². The lowest BCUT2D eigenvalue weighted by molar-refractivity contribution is -0.137. The van der Waals surface area contributed by atoms with Crippen molar-refractivity contribution in [3.05, 3.63) is 48.0 Å². The maximum atomic E-state index is 13.3. The molecule has 3 heterocycles. The topological polar surface area (TPSA) is 74.6 Å². The Hall–Kier alpha value is -2.84. The van der Waals surface area contributed by atoms with E-state index >= 15 is 0 Å². The van der Waals surface area contributed by atoms with Gasteiger partial charge in [-0.15, -0.1) is 0 Å². The molecule has 3 aromatic heterocycles. The van der Waals surface area contributed by atoms with Gasteiger partial charge in [0, 0.05) is 41.8 Å². The highest BCUT2D eigenvalue weighted by molar-refractivity contribution is 5.63. The molecule has 30 heavy (non-hydrogen) atoms. The van der Waals surface area contributed by atoms with Crippen LogP contribution in [0.15, 0.2) is 36.8 Å². The van der Waals surface area contributed by atoms with Gasteiger partial charge in [-0.2, -0.15) is 23.4 Å². The predicted octanol–water partition coefficient (Wildman–Crippen LogP) is 4.69. The number of fused-ring (bicyclic) bond motifs is 1. The van der Waals surface area contributed by atoms with Crippen molar-refractivity contribution in [3.63, 3.8) is 0 Å².